The summed E-state index contributed by atoms with van der Waals surface area (Å²) in [5.41, 5.74) is 3.27. The van der Waals surface area contributed by atoms with E-state index in [2.05, 4.69) is 20.6 Å². The lowest BCUT2D eigenvalue weighted by Crippen LogP contribution is -2.17. The molecule has 0 bridgehead atoms. The maximum absolute atomic E-state index is 12.0. The fraction of sp³-hybridized carbons (Fsp3) is 0.259. The van der Waals surface area contributed by atoms with E-state index in [0.29, 0.717) is 39.9 Å². The number of nitrogens with zero attached hydrogens (tertiary/aromatic N) is 3. The van der Waals surface area contributed by atoms with Gasteiger partial charge in [-0.25, -0.2) is 0 Å². The Balaban J connectivity index is 1.58. The number of carbonyl (C=O) groups is 1. The molecule has 0 spiro atoms. The van der Waals surface area contributed by atoms with Crippen LogP contribution < -0.4 is 20.1 Å². The first kappa shape index (κ1) is 23.9. The Morgan fingerprint density at radius 3 is 2.73 bits per heavy atom. The summed E-state index contributed by atoms with van der Waals surface area (Å²) in [6, 6.07) is 11.9. The number of phenolic OH excluding ortho intramolecular Hbond substituents is 1. The lowest BCUT2D eigenvalue weighted by molar-refractivity contribution is 0.0962. The largest absolute Gasteiger partial charge is 0.507 e. The number of amides is 1. The van der Waals surface area contributed by atoms with Gasteiger partial charge >= 0.3 is 0 Å². The van der Waals surface area contributed by atoms with E-state index >= 15 is 0 Å². The molecule has 1 amide bonds. The predicted octanol–water partition coefficient (Wildman–Crippen LogP) is 4.64. The summed E-state index contributed by atoms with van der Waals surface area (Å²) in [7, 11) is 3.09. The van der Waals surface area contributed by atoms with Gasteiger partial charge in [0.05, 0.1) is 23.7 Å². The standard InChI is InChI=1S/C27H26N6O4/c1-29-25(35)16-7-9-20(22(12-16)36-2)31-27-32-24-23(26(33-27)37-18-5-3-4-6-18)19(14-30-24)15-8-10-21(34)17(11-15)13-28/h7-12,14,18,34H,3-6H2,1-2H3,(H,29,35)(H2,30,31,32,33). The summed E-state index contributed by atoms with van der Waals surface area (Å²) in [5.74, 6) is 0.880. The summed E-state index contributed by atoms with van der Waals surface area (Å²) in [4.78, 5) is 24.6. The molecule has 0 aliphatic heterocycles. The molecule has 2 heterocycles. The van der Waals surface area contributed by atoms with E-state index in [1.807, 2.05) is 6.07 Å². The number of nitrogens with one attached hydrogen (secondary N) is 3. The average Bonchev–Trinajstić information content (AvgIpc) is 3.59. The highest BCUT2D eigenvalue weighted by Crippen LogP contribution is 2.38. The van der Waals surface area contributed by atoms with E-state index in [9.17, 15) is 15.2 Å². The number of anilines is 2. The Kier molecular flexibility index (Phi) is 6.51. The van der Waals surface area contributed by atoms with Gasteiger partial charge in [-0.1, -0.05) is 6.07 Å². The first-order valence-corrected chi connectivity index (χ1v) is 12.0. The Labute approximate surface area is 213 Å². The van der Waals surface area contributed by atoms with Crippen LogP contribution in [0.3, 0.4) is 0 Å². The highest BCUT2D eigenvalue weighted by atomic mass is 16.5. The number of hydrogen-bond acceptors (Lipinski definition) is 8. The number of phenols is 1. The number of fused-ring (bicyclic) bond motifs is 1. The van der Waals surface area contributed by atoms with Crippen molar-refractivity contribution in [3.05, 3.63) is 53.7 Å². The molecule has 37 heavy (non-hydrogen) atoms. The minimum Gasteiger partial charge on any atom is -0.507 e. The molecule has 10 heteroatoms. The normalized spacial score (nSPS) is 13.3. The Bertz CT molecular complexity index is 1520. The van der Waals surface area contributed by atoms with Crippen molar-refractivity contribution in [2.24, 2.45) is 0 Å². The van der Waals surface area contributed by atoms with Crippen molar-refractivity contribution in [3.63, 3.8) is 0 Å². The number of aromatic nitrogens is 3. The quantitative estimate of drug-likeness (QED) is 0.288. The number of aromatic hydroxyl groups is 1. The third-order valence-corrected chi connectivity index (χ3v) is 6.44. The number of rotatable bonds is 7. The zero-order valence-corrected chi connectivity index (χ0v) is 20.5. The monoisotopic (exact) mass is 498 g/mol. The van der Waals surface area contributed by atoms with Crippen LogP contribution in [0.15, 0.2) is 42.6 Å². The van der Waals surface area contributed by atoms with Crippen LogP contribution in [0.4, 0.5) is 11.6 Å². The molecular formula is C27H26N6O4. The number of aromatic amines is 1. The van der Waals surface area contributed by atoms with Gasteiger partial charge in [0, 0.05) is 24.4 Å². The van der Waals surface area contributed by atoms with Crippen molar-refractivity contribution in [2.45, 2.75) is 31.8 Å². The molecule has 1 fully saturated rings. The van der Waals surface area contributed by atoms with E-state index < -0.39 is 0 Å². The van der Waals surface area contributed by atoms with Crippen molar-refractivity contribution in [1.29, 1.82) is 5.26 Å². The minimum atomic E-state index is -0.220. The predicted molar refractivity (Wildman–Crippen MR) is 138 cm³/mol. The van der Waals surface area contributed by atoms with Crippen LogP contribution in [-0.2, 0) is 0 Å². The van der Waals surface area contributed by atoms with Gasteiger partial charge in [0.2, 0.25) is 11.8 Å². The summed E-state index contributed by atoms with van der Waals surface area (Å²) in [5, 5.41) is 25.8. The lowest BCUT2D eigenvalue weighted by Gasteiger charge is -2.16. The van der Waals surface area contributed by atoms with E-state index in [1.165, 1.54) is 13.2 Å². The average molecular weight is 499 g/mol. The lowest BCUT2D eigenvalue weighted by atomic mass is 10.0. The number of hydrogen-bond donors (Lipinski definition) is 4. The van der Waals surface area contributed by atoms with Crippen LogP contribution in [0, 0.1) is 11.3 Å². The van der Waals surface area contributed by atoms with Gasteiger partial charge in [-0.15, -0.1) is 0 Å². The maximum Gasteiger partial charge on any atom is 0.251 e. The molecule has 0 saturated heterocycles. The van der Waals surface area contributed by atoms with Gasteiger partial charge in [-0.2, -0.15) is 15.2 Å². The molecule has 4 N–H and O–H groups in total. The van der Waals surface area contributed by atoms with Crippen molar-refractivity contribution < 1.29 is 19.4 Å². The molecule has 188 valence electrons. The zero-order valence-electron chi connectivity index (χ0n) is 20.5. The molecule has 4 aromatic rings. The summed E-state index contributed by atoms with van der Waals surface area (Å²) < 4.78 is 11.9. The Morgan fingerprint density at radius 2 is 2.00 bits per heavy atom. The van der Waals surface area contributed by atoms with Crippen LogP contribution in [-0.4, -0.2) is 46.2 Å². The van der Waals surface area contributed by atoms with Crippen LogP contribution >= 0.6 is 0 Å². The van der Waals surface area contributed by atoms with Gasteiger partial charge < -0.3 is 30.2 Å². The maximum atomic E-state index is 12.0. The van der Waals surface area contributed by atoms with Crippen LogP contribution in [0.2, 0.25) is 0 Å². The van der Waals surface area contributed by atoms with E-state index in [4.69, 9.17) is 14.5 Å². The van der Waals surface area contributed by atoms with Gasteiger partial charge in [-0.05, 0) is 61.6 Å². The van der Waals surface area contributed by atoms with E-state index in [0.717, 1.165) is 36.8 Å². The molecule has 0 unspecified atom stereocenters. The fourth-order valence-corrected chi connectivity index (χ4v) is 4.53. The van der Waals surface area contributed by atoms with Gasteiger partial charge in [0.25, 0.3) is 5.91 Å². The summed E-state index contributed by atoms with van der Waals surface area (Å²) in [6.07, 6.45) is 5.92. The number of ether oxygens (including phenoxy) is 2. The van der Waals surface area contributed by atoms with Gasteiger partial charge in [0.1, 0.15) is 29.3 Å². The number of methoxy groups -OCH3 is 1. The topological polar surface area (TPSA) is 145 Å². The first-order chi connectivity index (χ1) is 18.0. The van der Waals surface area contributed by atoms with Crippen LogP contribution in [0.25, 0.3) is 22.2 Å². The molecule has 5 rings (SSSR count). The molecule has 2 aromatic carbocycles. The number of carbonyl (C=O) groups excluding carboxylic acids is 1. The van der Waals surface area contributed by atoms with Crippen molar-refractivity contribution >= 4 is 28.6 Å². The smallest absolute Gasteiger partial charge is 0.251 e. The molecule has 1 aliphatic carbocycles. The molecule has 0 atom stereocenters. The number of H-pyrrole nitrogens is 1. The highest BCUT2D eigenvalue weighted by molar-refractivity contribution is 5.98. The second-order valence-electron chi connectivity index (χ2n) is 8.77. The van der Waals surface area contributed by atoms with Gasteiger partial charge in [0.15, 0.2) is 0 Å². The Morgan fingerprint density at radius 1 is 1.19 bits per heavy atom. The molecule has 10 nitrogen and oxygen atoms in total. The van der Waals surface area contributed by atoms with E-state index in [-0.39, 0.29) is 23.3 Å². The molecule has 1 saturated carbocycles. The first-order valence-electron chi connectivity index (χ1n) is 12.0. The minimum absolute atomic E-state index is 0.0459. The van der Waals surface area contributed by atoms with Crippen molar-refractivity contribution in [2.75, 3.05) is 19.5 Å². The highest BCUT2D eigenvalue weighted by Gasteiger charge is 2.23. The zero-order chi connectivity index (χ0) is 25.9. The molecular weight excluding hydrogens is 472 g/mol. The summed E-state index contributed by atoms with van der Waals surface area (Å²) >= 11 is 0. The second kappa shape index (κ2) is 10.1. The Hall–Kier alpha value is -4.78. The number of nitriles is 1. The van der Waals surface area contributed by atoms with Crippen LogP contribution in [0.5, 0.6) is 17.4 Å². The molecule has 0 radical (unpaired) electrons. The summed E-state index contributed by atoms with van der Waals surface area (Å²) in [6.45, 7) is 0. The van der Waals surface area contributed by atoms with Crippen molar-refractivity contribution in [3.8, 4) is 34.6 Å². The van der Waals surface area contributed by atoms with E-state index in [1.54, 1.807) is 43.6 Å². The second-order valence-corrected chi connectivity index (χ2v) is 8.77. The van der Waals surface area contributed by atoms with Crippen LogP contribution in [0.1, 0.15) is 41.6 Å². The van der Waals surface area contributed by atoms with Gasteiger partial charge in [-0.3, -0.25) is 4.79 Å². The molecule has 1 aliphatic rings. The third kappa shape index (κ3) is 4.71. The number of benzene rings is 2. The van der Waals surface area contributed by atoms with Crippen molar-refractivity contribution in [1.82, 2.24) is 20.3 Å². The molecule has 2 aromatic heterocycles. The third-order valence-electron chi connectivity index (χ3n) is 6.44. The fourth-order valence-electron chi connectivity index (χ4n) is 4.53. The SMILES string of the molecule is CNC(=O)c1ccc(Nc2nc(OC3CCCC3)c3c(-c4ccc(O)c(C#N)c4)c[nH]c3n2)c(OC)c1.